The number of rotatable bonds is 2. The Labute approximate surface area is 138 Å². The van der Waals surface area contributed by atoms with Gasteiger partial charge >= 0.3 is 0 Å². The van der Waals surface area contributed by atoms with Crippen molar-refractivity contribution < 1.29 is 14.7 Å². The smallest absolute Gasteiger partial charge is 0.237 e. The van der Waals surface area contributed by atoms with Crippen molar-refractivity contribution >= 4 is 40.7 Å². The van der Waals surface area contributed by atoms with Gasteiger partial charge in [-0.25, -0.2) is 0 Å². The molecule has 2 amide bonds. The quantitative estimate of drug-likeness (QED) is 0.865. The molecular weight excluding hydrogens is 327 g/mol. The summed E-state index contributed by atoms with van der Waals surface area (Å²) < 4.78 is 0. The molecule has 1 saturated heterocycles. The molecule has 2 N–H and O–H groups in total. The zero-order valence-electron chi connectivity index (χ0n) is 12.0. The maximum absolute atomic E-state index is 12.5. The van der Waals surface area contributed by atoms with Gasteiger partial charge in [0, 0.05) is 18.8 Å². The van der Waals surface area contributed by atoms with Gasteiger partial charge in [-0.05, 0) is 31.0 Å². The van der Waals surface area contributed by atoms with Gasteiger partial charge in [-0.3, -0.25) is 9.59 Å². The van der Waals surface area contributed by atoms with Crippen molar-refractivity contribution in [1.82, 2.24) is 4.90 Å². The van der Waals surface area contributed by atoms with E-state index < -0.39 is 11.5 Å². The van der Waals surface area contributed by atoms with Crippen LogP contribution in [-0.2, 0) is 15.0 Å². The van der Waals surface area contributed by atoms with E-state index in [0.717, 1.165) is 5.56 Å². The van der Waals surface area contributed by atoms with Crippen LogP contribution in [0.1, 0.15) is 25.3 Å². The minimum Gasteiger partial charge on any atom is -0.393 e. The van der Waals surface area contributed by atoms with Crippen LogP contribution < -0.4 is 5.32 Å². The van der Waals surface area contributed by atoms with E-state index in [1.165, 1.54) is 0 Å². The molecule has 0 unspecified atom stereocenters. The monoisotopic (exact) mass is 342 g/mol. The van der Waals surface area contributed by atoms with Crippen LogP contribution in [0.15, 0.2) is 12.1 Å². The van der Waals surface area contributed by atoms with Gasteiger partial charge in [-0.2, -0.15) is 0 Å². The number of anilines is 1. The molecule has 2 aliphatic rings. The highest BCUT2D eigenvalue weighted by molar-refractivity contribution is 6.42. The van der Waals surface area contributed by atoms with Crippen LogP contribution in [0, 0.1) is 0 Å². The fourth-order valence-electron chi connectivity index (χ4n) is 3.22. The molecule has 0 aliphatic carbocycles. The molecule has 5 nitrogen and oxygen atoms in total. The molecule has 0 bridgehead atoms. The van der Waals surface area contributed by atoms with Crippen LogP contribution in [-0.4, -0.2) is 41.0 Å². The molecule has 1 aromatic carbocycles. The van der Waals surface area contributed by atoms with Crippen molar-refractivity contribution in [2.24, 2.45) is 0 Å². The number of nitrogens with one attached hydrogen (secondary N) is 1. The third kappa shape index (κ3) is 2.37. The number of aliphatic hydroxyl groups excluding tert-OH is 1. The number of benzene rings is 1. The Morgan fingerprint density at radius 3 is 2.82 bits per heavy atom. The van der Waals surface area contributed by atoms with Crippen LogP contribution in [0.4, 0.5) is 5.69 Å². The number of likely N-dealkylation sites (tertiary alicyclic amines) is 1. The first-order chi connectivity index (χ1) is 10.3. The zero-order valence-corrected chi connectivity index (χ0v) is 13.5. The molecular formula is C15H16Cl2N2O3. The first-order valence-electron chi connectivity index (χ1n) is 7.10. The molecule has 1 spiro atoms. The summed E-state index contributed by atoms with van der Waals surface area (Å²) in [6.07, 6.45) is -0.0941. The maximum atomic E-state index is 12.5. The van der Waals surface area contributed by atoms with Gasteiger partial charge in [0.2, 0.25) is 11.8 Å². The maximum Gasteiger partial charge on any atom is 0.237 e. The highest BCUT2D eigenvalue weighted by atomic mass is 35.5. The first-order valence-corrected chi connectivity index (χ1v) is 7.86. The average molecular weight is 343 g/mol. The molecule has 118 valence electrons. The first kappa shape index (κ1) is 15.6. The van der Waals surface area contributed by atoms with Crippen molar-refractivity contribution in [2.45, 2.75) is 31.3 Å². The van der Waals surface area contributed by atoms with Gasteiger partial charge in [-0.1, -0.05) is 23.2 Å². The number of halogens is 2. The fourth-order valence-corrected chi connectivity index (χ4v) is 3.55. The minimum absolute atomic E-state index is 0.0614. The third-order valence-electron chi connectivity index (χ3n) is 4.35. The van der Waals surface area contributed by atoms with E-state index in [0.29, 0.717) is 35.2 Å². The average Bonchev–Trinajstić information content (AvgIpc) is 2.97. The number of hydrogen-bond donors (Lipinski definition) is 2. The van der Waals surface area contributed by atoms with Crippen molar-refractivity contribution in [3.05, 3.63) is 27.7 Å². The molecule has 3 rings (SSSR count). The second-order valence-corrected chi connectivity index (χ2v) is 6.78. The lowest BCUT2D eigenvalue weighted by Crippen LogP contribution is -2.39. The largest absolute Gasteiger partial charge is 0.393 e. The van der Waals surface area contributed by atoms with Crippen LogP contribution >= 0.6 is 23.2 Å². The lowest BCUT2D eigenvalue weighted by atomic mass is 9.81. The van der Waals surface area contributed by atoms with E-state index >= 15 is 0 Å². The predicted octanol–water partition coefficient (Wildman–Crippen LogP) is 2.19. The van der Waals surface area contributed by atoms with Gasteiger partial charge in [0.25, 0.3) is 0 Å². The molecule has 0 saturated carbocycles. The van der Waals surface area contributed by atoms with Gasteiger partial charge in [0.1, 0.15) is 0 Å². The summed E-state index contributed by atoms with van der Waals surface area (Å²) in [5, 5.41) is 13.0. The molecule has 22 heavy (non-hydrogen) atoms. The van der Waals surface area contributed by atoms with Crippen molar-refractivity contribution in [3.8, 4) is 0 Å². The standard InChI is InChI=1S/C15H16Cl2N2O3/c1-8(20)4-13(21)19-3-2-15(7-19)9-5-10(16)11(17)6-12(9)18-14(15)22/h5-6,8,20H,2-4,7H2,1H3,(H,18,22)/t8-,15+/m0/s1. The van der Waals surface area contributed by atoms with Crippen LogP contribution in [0.5, 0.6) is 0 Å². The summed E-state index contributed by atoms with van der Waals surface area (Å²) in [6, 6.07) is 3.35. The number of nitrogens with zero attached hydrogens (tertiary/aromatic N) is 1. The Kier molecular flexibility index (Phi) is 3.83. The Bertz CT molecular complexity index is 662. The number of carbonyl (C=O) groups is 2. The van der Waals surface area contributed by atoms with E-state index in [1.54, 1.807) is 24.0 Å². The number of aliphatic hydroxyl groups is 1. The summed E-state index contributed by atoms with van der Waals surface area (Å²) >= 11 is 12.1. The SMILES string of the molecule is C[C@H](O)CC(=O)N1CC[C@]2(C1)C(=O)Nc1cc(Cl)c(Cl)cc12. The summed E-state index contributed by atoms with van der Waals surface area (Å²) in [5.74, 6) is -0.277. The summed E-state index contributed by atoms with van der Waals surface area (Å²) in [4.78, 5) is 26.2. The predicted molar refractivity (Wildman–Crippen MR) is 84.3 cm³/mol. The van der Waals surface area contributed by atoms with Crippen molar-refractivity contribution in [3.63, 3.8) is 0 Å². The molecule has 0 aromatic heterocycles. The zero-order chi connectivity index (χ0) is 16.1. The van der Waals surface area contributed by atoms with E-state index in [-0.39, 0.29) is 18.2 Å². The molecule has 0 radical (unpaired) electrons. The van der Waals surface area contributed by atoms with Crippen molar-refractivity contribution in [1.29, 1.82) is 0 Å². The molecule has 1 aromatic rings. The topological polar surface area (TPSA) is 69.6 Å². The number of carbonyl (C=O) groups excluding carboxylic acids is 2. The van der Waals surface area contributed by atoms with Gasteiger partial charge < -0.3 is 15.3 Å². The normalized spacial score (nSPS) is 24.5. The number of hydrogen-bond acceptors (Lipinski definition) is 3. The van der Waals surface area contributed by atoms with Gasteiger partial charge in [0.15, 0.2) is 0 Å². The summed E-state index contributed by atoms with van der Waals surface area (Å²) in [6.45, 7) is 2.36. The molecule has 7 heteroatoms. The Hall–Kier alpha value is -1.30. The van der Waals surface area contributed by atoms with E-state index in [1.807, 2.05) is 0 Å². The fraction of sp³-hybridized carbons (Fsp3) is 0.467. The van der Waals surface area contributed by atoms with E-state index in [9.17, 15) is 14.7 Å². The van der Waals surface area contributed by atoms with Gasteiger partial charge in [0.05, 0.1) is 28.0 Å². The molecule has 2 aliphatic heterocycles. The van der Waals surface area contributed by atoms with Crippen LogP contribution in [0.25, 0.3) is 0 Å². The second kappa shape index (κ2) is 5.41. The van der Waals surface area contributed by atoms with Crippen LogP contribution in [0.3, 0.4) is 0 Å². The Morgan fingerprint density at radius 1 is 1.45 bits per heavy atom. The van der Waals surface area contributed by atoms with E-state index in [2.05, 4.69) is 5.32 Å². The lowest BCUT2D eigenvalue weighted by Gasteiger charge is -2.23. The van der Waals surface area contributed by atoms with Crippen LogP contribution in [0.2, 0.25) is 10.0 Å². The number of fused-ring (bicyclic) bond motifs is 2. The Balaban J connectivity index is 1.92. The summed E-state index contributed by atoms with van der Waals surface area (Å²) in [7, 11) is 0. The number of amides is 2. The summed E-state index contributed by atoms with van der Waals surface area (Å²) in [5.41, 5.74) is 0.682. The van der Waals surface area contributed by atoms with Crippen molar-refractivity contribution in [2.75, 3.05) is 18.4 Å². The molecule has 1 fully saturated rings. The van der Waals surface area contributed by atoms with Gasteiger partial charge in [-0.15, -0.1) is 0 Å². The molecule has 2 atom stereocenters. The lowest BCUT2D eigenvalue weighted by molar-refractivity contribution is -0.132. The highest BCUT2D eigenvalue weighted by Crippen LogP contribution is 2.46. The minimum atomic E-state index is -0.766. The third-order valence-corrected chi connectivity index (χ3v) is 5.07. The molecule has 2 heterocycles. The van der Waals surface area contributed by atoms with E-state index in [4.69, 9.17) is 23.2 Å². The second-order valence-electron chi connectivity index (χ2n) is 5.97. The highest BCUT2D eigenvalue weighted by Gasteiger charge is 2.52. The Morgan fingerprint density at radius 2 is 2.14 bits per heavy atom.